The maximum atomic E-state index is 5.35. The monoisotopic (exact) mass is 497 g/mol. The fraction of sp³-hybridized carbons (Fsp3) is 0.500. The van der Waals surface area contributed by atoms with Gasteiger partial charge in [0.1, 0.15) is 0 Å². The van der Waals surface area contributed by atoms with Crippen LogP contribution in [0.5, 0.6) is 0 Å². The number of hydrogen-bond acceptors (Lipinski definition) is 3. The predicted molar refractivity (Wildman–Crippen MR) is 161 cm³/mol. The van der Waals surface area contributed by atoms with E-state index in [4.69, 9.17) is 4.98 Å². The molecule has 0 radical (unpaired) electrons. The summed E-state index contributed by atoms with van der Waals surface area (Å²) in [4.78, 5) is 10.6. The highest BCUT2D eigenvalue weighted by Crippen LogP contribution is 2.39. The Kier molecular flexibility index (Phi) is 8.31. The van der Waals surface area contributed by atoms with Gasteiger partial charge in [-0.15, -0.1) is 0 Å². The first-order valence-corrected chi connectivity index (χ1v) is 14.1. The fourth-order valence-corrected chi connectivity index (χ4v) is 5.85. The van der Waals surface area contributed by atoms with E-state index in [1.54, 1.807) is 0 Å². The van der Waals surface area contributed by atoms with E-state index in [1.807, 2.05) is 0 Å². The third-order valence-corrected chi connectivity index (χ3v) is 8.14. The summed E-state index contributed by atoms with van der Waals surface area (Å²) >= 11 is 0. The number of aryl methyl sites for hydroxylation is 3. The Morgan fingerprint density at radius 2 is 1.73 bits per heavy atom. The van der Waals surface area contributed by atoms with Crippen LogP contribution in [0, 0.1) is 26.7 Å². The van der Waals surface area contributed by atoms with Crippen LogP contribution in [0.25, 0.3) is 11.3 Å². The van der Waals surface area contributed by atoms with E-state index in [0.29, 0.717) is 5.92 Å². The highest BCUT2D eigenvalue weighted by atomic mass is 15.2. The van der Waals surface area contributed by atoms with Crippen LogP contribution in [-0.2, 0) is 13.0 Å². The molecule has 1 saturated carbocycles. The third kappa shape index (κ3) is 5.71. The zero-order valence-corrected chi connectivity index (χ0v) is 23.2. The minimum absolute atomic E-state index is 0. The lowest BCUT2D eigenvalue weighted by molar-refractivity contribution is 0.677. The smallest absolute Gasteiger partial charge is 0.0731 e. The first-order chi connectivity index (χ1) is 17.4. The molecule has 0 unspecified atom stereocenters. The van der Waals surface area contributed by atoms with Gasteiger partial charge in [0.05, 0.1) is 5.69 Å². The second-order valence-corrected chi connectivity index (χ2v) is 11.5. The molecule has 1 fully saturated rings. The Hall–Kier alpha value is -2.81. The lowest BCUT2D eigenvalue weighted by atomic mass is 9.94. The Balaban J connectivity index is 0.00000320. The molecule has 3 nitrogen and oxygen atoms in total. The molecule has 0 saturated heterocycles. The Morgan fingerprint density at radius 1 is 1.00 bits per heavy atom. The fourth-order valence-electron chi connectivity index (χ4n) is 5.85. The molecular weight excluding hydrogens is 450 g/mol. The molecule has 2 aromatic carbocycles. The van der Waals surface area contributed by atoms with Crippen molar-refractivity contribution in [2.45, 2.75) is 87.1 Å². The SMILES string of the molecule is C.CCCN(CC1CC1)c1cc(-c2c(C)cccc2C)nc2c1CN(c1cc(C(C)C)ccc1C)CC2. The van der Waals surface area contributed by atoms with Gasteiger partial charge in [0.2, 0.25) is 0 Å². The molecule has 0 N–H and O–H groups in total. The van der Waals surface area contributed by atoms with E-state index in [9.17, 15) is 0 Å². The number of pyridine rings is 1. The van der Waals surface area contributed by atoms with Gasteiger partial charge in [-0.05, 0) is 86.3 Å². The summed E-state index contributed by atoms with van der Waals surface area (Å²) in [5.41, 5.74) is 13.5. The van der Waals surface area contributed by atoms with E-state index in [0.717, 1.165) is 37.7 Å². The average Bonchev–Trinajstić information content (AvgIpc) is 3.67. The van der Waals surface area contributed by atoms with Gasteiger partial charge in [-0.25, -0.2) is 0 Å². The molecule has 3 heteroatoms. The van der Waals surface area contributed by atoms with Gasteiger partial charge in [0.25, 0.3) is 0 Å². The summed E-state index contributed by atoms with van der Waals surface area (Å²) in [6, 6.07) is 16.1. The van der Waals surface area contributed by atoms with Gasteiger partial charge in [0.15, 0.2) is 0 Å². The predicted octanol–water partition coefficient (Wildman–Crippen LogP) is 8.62. The summed E-state index contributed by atoms with van der Waals surface area (Å²) in [7, 11) is 0. The standard InChI is InChI=1S/C33H43N3.CH4/c1-7-16-35(20-26-12-13-26)32-19-30(33-24(5)9-8-10-25(33)6)34-29-15-17-36(21-28(29)32)31-18-27(22(2)3)14-11-23(31)4;/h8-11,14,18-19,22,26H,7,12-13,15-17,20-21H2,1-6H3;1H4. The highest BCUT2D eigenvalue weighted by molar-refractivity contribution is 5.74. The molecule has 2 heterocycles. The van der Waals surface area contributed by atoms with Crippen molar-refractivity contribution < 1.29 is 0 Å². The zero-order chi connectivity index (χ0) is 25.4. The van der Waals surface area contributed by atoms with Crippen molar-refractivity contribution in [3.63, 3.8) is 0 Å². The quantitative estimate of drug-likeness (QED) is 0.310. The Labute approximate surface area is 225 Å². The van der Waals surface area contributed by atoms with Crippen LogP contribution in [0.3, 0.4) is 0 Å². The number of nitrogens with zero attached hydrogens (tertiary/aromatic N) is 3. The number of fused-ring (bicyclic) bond motifs is 1. The van der Waals surface area contributed by atoms with Crippen LogP contribution < -0.4 is 9.80 Å². The number of hydrogen-bond donors (Lipinski definition) is 0. The highest BCUT2D eigenvalue weighted by Gasteiger charge is 2.29. The van der Waals surface area contributed by atoms with Gasteiger partial charge >= 0.3 is 0 Å². The van der Waals surface area contributed by atoms with Gasteiger partial charge in [-0.1, -0.05) is 58.5 Å². The van der Waals surface area contributed by atoms with Gasteiger partial charge in [-0.2, -0.15) is 0 Å². The van der Waals surface area contributed by atoms with Crippen molar-refractivity contribution in [3.05, 3.63) is 76.0 Å². The van der Waals surface area contributed by atoms with E-state index in [2.05, 4.69) is 93.8 Å². The van der Waals surface area contributed by atoms with Crippen molar-refractivity contribution in [1.29, 1.82) is 0 Å². The molecule has 1 aliphatic carbocycles. The largest absolute Gasteiger partial charge is 0.371 e. The van der Waals surface area contributed by atoms with Crippen LogP contribution in [0.1, 0.15) is 86.9 Å². The average molecular weight is 498 g/mol. The maximum absolute atomic E-state index is 5.35. The topological polar surface area (TPSA) is 19.4 Å². The summed E-state index contributed by atoms with van der Waals surface area (Å²) in [5, 5.41) is 0. The van der Waals surface area contributed by atoms with Crippen molar-refractivity contribution >= 4 is 11.4 Å². The molecule has 1 aliphatic heterocycles. The van der Waals surface area contributed by atoms with E-state index in [-0.39, 0.29) is 7.43 Å². The Bertz CT molecular complexity index is 1220. The second-order valence-electron chi connectivity index (χ2n) is 11.5. The van der Waals surface area contributed by atoms with Crippen molar-refractivity contribution in [2.24, 2.45) is 5.92 Å². The van der Waals surface area contributed by atoms with Gasteiger partial charge < -0.3 is 9.80 Å². The Morgan fingerprint density at radius 3 is 2.38 bits per heavy atom. The van der Waals surface area contributed by atoms with Crippen LogP contribution >= 0.6 is 0 Å². The van der Waals surface area contributed by atoms with E-state index >= 15 is 0 Å². The zero-order valence-electron chi connectivity index (χ0n) is 23.2. The molecule has 0 amide bonds. The molecule has 198 valence electrons. The lowest BCUT2D eigenvalue weighted by Crippen LogP contribution is -2.35. The summed E-state index contributed by atoms with van der Waals surface area (Å²) < 4.78 is 0. The first kappa shape index (κ1) is 27.2. The molecule has 5 rings (SSSR count). The lowest BCUT2D eigenvalue weighted by Gasteiger charge is -2.36. The normalized spacial score (nSPS) is 14.9. The number of anilines is 2. The van der Waals surface area contributed by atoms with Crippen LogP contribution in [0.2, 0.25) is 0 Å². The number of aromatic nitrogens is 1. The molecule has 0 spiro atoms. The molecule has 2 aliphatic rings. The summed E-state index contributed by atoms with van der Waals surface area (Å²) in [5.74, 6) is 1.39. The molecular formula is C34H47N3. The number of rotatable bonds is 8. The third-order valence-electron chi connectivity index (χ3n) is 8.14. The van der Waals surface area contributed by atoms with Crippen LogP contribution in [0.4, 0.5) is 11.4 Å². The van der Waals surface area contributed by atoms with Crippen LogP contribution in [-0.4, -0.2) is 24.6 Å². The van der Waals surface area contributed by atoms with Gasteiger partial charge in [-0.3, -0.25) is 4.98 Å². The van der Waals surface area contributed by atoms with Crippen molar-refractivity contribution in [3.8, 4) is 11.3 Å². The summed E-state index contributed by atoms with van der Waals surface area (Å²) in [6.07, 6.45) is 4.92. The van der Waals surface area contributed by atoms with Crippen molar-refractivity contribution in [1.82, 2.24) is 4.98 Å². The molecule has 0 atom stereocenters. The summed E-state index contributed by atoms with van der Waals surface area (Å²) in [6.45, 7) is 17.9. The van der Waals surface area contributed by atoms with Crippen molar-refractivity contribution in [2.75, 3.05) is 29.4 Å². The second kappa shape index (κ2) is 11.3. The minimum atomic E-state index is 0. The molecule has 0 bridgehead atoms. The minimum Gasteiger partial charge on any atom is -0.371 e. The van der Waals surface area contributed by atoms with E-state index < -0.39 is 0 Å². The molecule has 3 aromatic rings. The first-order valence-electron chi connectivity index (χ1n) is 14.1. The van der Waals surface area contributed by atoms with E-state index in [1.165, 1.54) is 76.3 Å². The molecule has 37 heavy (non-hydrogen) atoms. The maximum Gasteiger partial charge on any atom is 0.0731 e. The van der Waals surface area contributed by atoms with Crippen LogP contribution in [0.15, 0.2) is 42.5 Å². The van der Waals surface area contributed by atoms with Gasteiger partial charge in [0, 0.05) is 60.8 Å². The molecule has 1 aromatic heterocycles. The number of benzene rings is 2.